The molecule has 0 bridgehead atoms. The van der Waals surface area contributed by atoms with E-state index in [0.29, 0.717) is 0 Å². The van der Waals surface area contributed by atoms with Crippen molar-refractivity contribution in [3.63, 3.8) is 0 Å². The van der Waals surface area contributed by atoms with E-state index in [2.05, 4.69) is 0 Å². The van der Waals surface area contributed by atoms with Crippen LogP contribution in [0.15, 0.2) is 0 Å². The minimum absolute atomic E-state index is 0.00444. The van der Waals surface area contributed by atoms with Crippen LogP contribution in [0.5, 0.6) is 0 Å². The first kappa shape index (κ1) is 13.2. The Kier molecular flexibility index (Phi) is 3.78. The van der Waals surface area contributed by atoms with Crippen LogP contribution in [0.25, 0.3) is 0 Å². The predicted molar refractivity (Wildman–Crippen MR) is 57.9 cm³/mol. The normalized spacial score (nSPS) is 28.0. The molecule has 0 aliphatic carbocycles. The Hall–Kier alpha value is -0.840. The summed E-state index contributed by atoms with van der Waals surface area (Å²) in [5.74, 6) is 0. The second-order valence-electron chi connectivity index (χ2n) is 5.27. The van der Waals surface area contributed by atoms with Crippen LogP contribution in [0.2, 0.25) is 0 Å². The number of aliphatic hydroxyl groups excluding tert-OH is 1. The summed E-state index contributed by atoms with van der Waals surface area (Å²) in [5, 5.41) is 9.47. The van der Waals surface area contributed by atoms with E-state index in [0.717, 1.165) is 0 Å². The number of hydrogen-bond donors (Lipinski definition) is 1. The van der Waals surface area contributed by atoms with E-state index in [9.17, 15) is 14.3 Å². The Morgan fingerprint density at radius 3 is 2.56 bits per heavy atom. The monoisotopic (exact) mass is 233 g/mol. The SMILES string of the molecule is CC(O)[C@@H]1C[C@@H](F)CN1C(=O)OC(C)(C)C. The topological polar surface area (TPSA) is 49.8 Å². The number of aliphatic hydroxyl groups is 1. The Labute approximate surface area is 95.4 Å². The molecule has 16 heavy (non-hydrogen) atoms. The van der Waals surface area contributed by atoms with Crippen molar-refractivity contribution in [2.24, 2.45) is 0 Å². The molecule has 1 aliphatic heterocycles. The summed E-state index contributed by atoms with van der Waals surface area (Å²) in [6.07, 6.45) is -2.20. The van der Waals surface area contributed by atoms with Crippen molar-refractivity contribution in [2.75, 3.05) is 6.54 Å². The standard InChI is InChI=1S/C11H20FNO3/c1-7(14)9-5-8(12)6-13(9)10(15)16-11(2,3)4/h7-9,14H,5-6H2,1-4H3/t7?,8-,9+/m1/s1. The molecule has 0 radical (unpaired) electrons. The van der Waals surface area contributed by atoms with Crippen molar-refractivity contribution < 1.29 is 19.0 Å². The van der Waals surface area contributed by atoms with Crippen LogP contribution in [-0.4, -0.2) is 46.6 Å². The molecule has 1 rings (SSSR count). The van der Waals surface area contributed by atoms with Gasteiger partial charge in [-0.2, -0.15) is 0 Å². The molecular formula is C11H20FNO3. The first-order chi connectivity index (χ1) is 7.20. The fourth-order valence-corrected chi connectivity index (χ4v) is 1.80. The zero-order chi connectivity index (χ0) is 12.5. The van der Waals surface area contributed by atoms with E-state index in [1.165, 1.54) is 4.90 Å². The number of likely N-dealkylation sites (tertiary alicyclic amines) is 1. The zero-order valence-corrected chi connectivity index (χ0v) is 10.2. The molecule has 0 aromatic carbocycles. The van der Waals surface area contributed by atoms with E-state index in [-0.39, 0.29) is 13.0 Å². The lowest BCUT2D eigenvalue weighted by Gasteiger charge is -2.29. The van der Waals surface area contributed by atoms with E-state index < -0.39 is 30.0 Å². The molecule has 3 atom stereocenters. The highest BCUT2D eigenvalue weighted by Crippen LogP contribution is 2.25. The number of carbonyl (C=O) groups excluding carboxylic acids is 1. The second kappa shape index (κ2) is 4.57. The molecule has 1 aliphatic rings. The predicted octanol–water partition coefficient (Wildman–Crippen LogP) is 1.71. The molecule has 5 heteroatoms. The van der Waals surface area contributed by atoms with Gasteiger partial charge in [0.15, 0.2) is 0 Å². The molecule has 94 valence electrons. The fourth-order valence-electron chi connectivity index (χ4n) is 1.80. The van der Waals surface area contributed by atoms with Gasteiger partial charge in [0, 0.05) is 6.42 Å². The fraction of sp³-hybridized carbons (Fsp3) is 0.909. The van der Waals surface area contributed by atoms with Gasteiger partial charge in [-0.25, -0.2) is 9.18 Å². The highest BCUT2D eigenvalue weighted by atomic mass is 19.1. The summed E-state index contributed by atoms with van der Waals surface area (Å²) < 4.78 is 18.4. The van der Waals surface area contributed by atoms with Gasteiger partial charge in [0.05, 0.1) is 18.7 Å². The van der Waals surface area contributed by atoms with Crippen LogP contribution in [0, 0.1) is 0 Å². The molecule has 1 heterocycles. The smallest absolute Gasteiger partial charge is 0.410 e. The van der Waals surface area contributed by atoms with Gasteiger partial charge in [0.25, 0.3) is 0 Å². The summed E-state index contributed by atoms with van der Waals surface area (Å²) in [6.45, 7) is 6.83. The van der Waals surface area contributed by atoms with Gasteiger partial charge < -0.3 is 9.84 Å². The van der Waals surface area contributed by atoms with Crippen molar-refractivity contribution in [3.8, 4) is 0 Å². The van der Waals surface area contributed by atoms with Gasteiger partial charge >= 0.3 is 6.09 Å². The molecule has 1 N–H and O–H groups in total. The molecule has 1 unspecified atom stereocenters. The van der Waals surface area contributed by atoms with Crippen molar-refractivity contribution in [1.82, 2.24) is 4.90 Å². The first-order valence-electron chi connectivity index (χ1n) is 5.52. The molecule has 0 aromatic rings. The van der Waals surface area contributed by atoms with Crippen LogP contribution in [0.1, 0.15) is 34.1 Å². The number of hydrogen-bond acceptors (Lipinski definition) is 3. The number of carbonyl (C=O) groups is 1. The maximum atomic E-state index is 13.2. The number of amides is 1. The molecule has 1 amide bonds. The van der Waals surface area contributed by atoms with Crippen molar-refractivity contribution in [1.29, 1.82) is 0 Å². The minimum atomic E-state index is -1.08. The number of nitrogens with zero attached hydrogens (tertiary/aromatic N) is 1. The highest BCUT2D eigenvalue weighted by molar-refractivity contribution is 5.69. The van der Waals surface area contributed by atoms with Crippen molar-refractivity contribution >= 4 is 6.09 Å². The average Bonchev–Trinajstić information content (AvgIpc) is 2.44. The summed E-state index contributed by atoms with van der Waals surface area (Å²) in [5.41, 5.74) is -0.602. The second-order valence-corrected chi connectivity index (χ2v) is 5.27. The van der Waals surface area contributed by atoms with Gasteiger partial charge in [-0.15, -0.1) is 0 Å². The summed E-state index contributed by atoms with van der Waals surface area (Å²) in [4.78, 5) is 13.0. The van der Waals surface area contributed by atoms with Crippen LogP contribution < -0.4 is 0 Å². The molecular weight excluding hydrogens is 213 g/mol. The maximum Gasteiger partial charge on any atom is 0.410 e. The molecule has 0 aromatic heterocycles. The van der Waals surface area contributed by atoms with E-state index in [1.807, 2.05) is 0 Å². The van der Waals surface area contributed by atoms with E-state index >= 15 is 0 Å². The third-order valence-corrected chi connectivity index (χ3v) is 2.48. The Balaban J connectivity index is 2.67. The largest absolute Gasteiger partial charge is 0.444 e. The van der Waals surface area contributed by atoms with E-state index in [4.69, 9.17) is 4.74 Å². The summed E-state index contributed by atoms with van der Waals surface area (Å²) in [6, 6.07) is -0.482. The molecule has 0 saturated carbocycles. The third-order valence-electron chi connectivity index (χ3n) is 2.48. The lowest BCUT2D eigenvalue weighted by molar-refractivity contribution is 0.00771. The highest BCUT2D eigenvalue weighted by Gasteiger charge is 2.39. The summed E-state index contributed by atoms with van der Waals surface area (Å²) >= 11 is 0. The minimum Gasteiger partial charge on any atom is -0.444 e. The van der Waals surface area contributed by atoms with Crippen molar-refractivity contribution in [2.45, 2.75) is 58.0 Å². The average molecular weight is 233 g/mol. The summed E-state index contributed by atoms with van der Waals surface area (Å²) in [7, 11) is 0. The Morgan fingerprint density at radius 2 is 2.12 bits per heavy atom. The van der Waals surface area contributed by atoms with Gasteiger partial charge in [0.1, 0.15) is 11.8 Å². The Morgan fingerprint density at radius 1 is 1.56 bits per heavy atom. The lowest BCUT2D eigenvalue weighted by Crippen LogP contribution is -2.44. The van der Waals surface area contributed by atoms with Gasteiger partial charge in [-0.05, 0) is 27.7 Å². The van der Waals surface area contributed by atoms with Gasteiger partial charge in [-0.1, -0.05) is 0 Å². The van der Waals surface area contributed by atoms with Crippen LogP contribution in [0.4, 0.5) is 9.18 Å². The van der Waals surface area contributed by atoms with Crippen LogP contribution in [0.3, 0.4) is 0 Å². The van der Waals surface area contributed by atoms with Gasteiger partial charge in [-0.3, -0.25) is 4.90 Å². The number of alkyl halides is 1. The van der Waals surface area contributed by atoms with Crippen LogP contribution in [-0.2, 0) is 4.74 Å². The van der Waals surface area contributed by atoms with Crippen molar-refractivity contribution in [3.05, 3.63) is 0 Å². The number of ether oxygens (including phenoxy) is 1. The van der Waals surface area contributed by atoms with Gasteiger partial charge in [0.2, 0.25) is 0 Å². The molecule has 1 fully saturated rings. The molecule has 1 saturated heterocycles. The molecule has 4 nitrogen and oxygen atoms in total. The number of halogens is 1. The number of rotatable bonds is 1. The Bertz CT molecular complexity index is 262. The maximum absolute atomic E-state index is 13.2. The van der Waals surface area contributed by atoms with Crippen LogP contribution >= 0.6 is 0 Å². The van der Waals surface area contributed by atoms with E-state index in [1.54, 1.807) is 27.7 Å². The third kappa shape index (κ3) is 3.33. The molecule has 0 spiro atoms. The first-order valence-corrected chi connectivity index (χ1v) is 5.52. The quantitative estimate of drug-likeness (QED) is 0.750. The zero-order valence-electron chi connectivity index (χ0n) is 10.2. The lowest BCUT2D eigenvalue weighted by atomic mass is 10.1.